The third-order valence-electron chi connectivity index (χ3n) is 2.82. The molecular weight excluding hydrogens is 263 g/mol. The zero-order valence-corrected chi connectivity index (χ0v) is 10.4. The first-order valence-electron chi connectivity index (χ1n) is 5.52. The number of hydrogen-bond acceptors (Lipinski definition) is 2. The Morgan fingerprint density at radius 2 is 2.00 bits per heavy atom. The number of nitrogens with one attached hydrogen (secondary N) is 1. The van der Waals surface area contributed by atoms with Crippen LogP contribution in [-0.4, -0.2) is 11.4 Å². The summed E-state index contributed by atoms with van der Waals surface area (Å²) in [4.78, 5) is 11.7. The molecular formula is C12H12F3NOS. The van der Waals surface area contributed by atoms with Crippen LogP contribution < -0.4 is 5.32 Å². The van der Waals surface area contributed by atoms with Crippen LogP contribution in [-0.2, 0) is 4.79 Å². The van der Waals surface area contributed by atoms with Gasteiger partial charge in [-0.05, 0) is 36.2 Å². The predicted octanol–water partition coefficient (Wildman–Crippen LogP) is 3.89. The number of carbonyl (C=O) groups excluding carboxylic acids is 1. The van der Waals surface area contributed by atoms with Crippen LogP contribution in [0.15, 0.2) is 29.2 Å². The van der Waals surface area contributed by atoms with Gasteiger partial charge in [-0.2, -0.15) is 13.2 Å². The van der Waals surface area contributed by atoms with Gasteiger partial charge in [0.05, 0.1) is 5.69 Å². The summed E-state index contributed by atoms with van der Waals surface area (Å²) >= 11 is -0.212. The number of halogens is 3. The fourth-order valence-electron chi connectivity index (χ4n) is 1.70. The molecule has 6 heteroatoms. The summed E-state index contributed by atoms with van der Waals surface area (Å²) in [6.07, 6.45) is 0.806. The van der Waals surface area contributed by atoms with Crippen molar-refractivity contribution in [1.82, 2.24) is 0 Å². The van der Waals surface area contributed by atoms with Crippen LogP contribution in [0.4, 0.5) is 18.9 Å². The van der Waals surface area contributed by atoms with Crippen LogP contribution in [0.25, 0.3) is 0 Å². The normalized spacial score (nSPS) is 22.7. The zero-order valence-electron chi connectivity index (χ0n) is 9.62. The van der Waals surface area contributed by atoms with Gasteiger partial charge in [-0.3, -0.25) is 4.79 Å². The lowest BCUT2D eigenvalue weighted by molar-refractivity contribution is -0.117. The van der Waals surface area contributed by atoms with E-state index in [9.17, 15) is 18.0 Å². The molecule has 2 nitrogen and oxygen atoms in total. The Bertz CT molecular complexity index is 461. The first kappa shape index (κ1) is 13.3. The van der Waals surface area contributed by atoms with Crippen molar-refractivity contribution in [1.29, 1.82) is 0 Å². The Morgan fingerprint density at radius 1 is 1.39 bits per heavy atom. The van der Waals surface area contributed by atoms with Crippen molar-refractivity contribution in [3.63, 3.8) is 0 Å². The highest BCUT2D eigenvalue weighted by Crippen LogP contribution is 2.42. The number of benzene rings is 1. The van der Waals surface area contributed by atoms with Gasteiger partial charge in [0.1, 0.15) is 0 Å². The molecule has 1 aromatic carbocycles. The van der Waals surface area contributed by atoms with E-state index in [4.69, 9.17) is 0 Å². The van der Waals surface area contributed by atoms with Crippen LogP contribution in [0.3, 0.4) is 0 Å². The van der Waals surface area contributed by atoms with E-state index in [1.807, 2.05) is 6.92 Å². The number of hydrogen-bond donors (Lipinski definition) is 1. The van der Waals surface area contributed by atoms with E-state index in [2.05, 4.69) is 5.32 Å². The standard InChI is InChI=1S/C12H12F3NOS/c1-7-6-8(7)11(17)16-9-4-2-3-5-10(9)18-12(13,14)15/h2-5,7-8H,6H2,1H3,(H,16,17). The van der Waals surface area contributed by atoms with Gasteiger partial charge in [-0.15, -0.1) is 0 Å². The molecule has 0 radical (unpaired) electrons. The molecule has 2 atom stereocenters. The third kappa shape index (κ3) is 3.41. The first-order chi connectivity index (χ1) is 8.37. The minimum Gasteiger partial charge on any atom is -0.325 e. The number of thioether (sulfide) groups is 1. The summed E-state index contributed by atoms with van der Waals surface area (Å²) in [5.74, 6) is 0.0686. The first-order valence-corrected chi connectivity index (χ1v) is 6.34. The van der Waals surface area contributed by atoms with Gasteiger partial charge in [0.15, 0.2) is 0 Å². The van der Waals surface area contributed by atoms with Gasteiger partial charge < -0.3 is 5.32 Å². The molecule has 0 aromatic heterocycles. The minimum atomic E-state index is -4.35. The van der Waals surface area contributed by atoms with Crippen molar-refractivity contribution in [3.8, 4) is 0 Å². The van der Waals surface area contributed by atoms with E-state index in [0.29, 0.717) is 5.92 Å². The van der Waals surface area contributed by atoms with Gasteiger partial charge >= 0.3 is 5.51 Å². The van der Waals surface area contributed by atoms with Crippen molar-refractivity contribution >= 4 is 23.4 Å². The van der Waals surface area contributed by atoms with Gasteiger partial charge in [-0.1, -0.05) is 19.1 Å². The lowest BCUT2D eigenvalue weighted by atomic mass is 10.3. The topological polar surface area (TPSA) is 29.1 Å². The van der Waals surface area contributed by atoms with Crippen molar-refractivity contribution < 1.29 is 18.0 Å². The number of anilines is 1. The Morgan fingerprint density at radius 3 is 2.56 bits per heavy atom. The molecule has 18 heavy (non-hydrogen) atoms. The van der Waals surface area contributed by atoms with E-state index in [1.54, 1.807) is 6.07 Å². The van der Waals surface area contributed by atoms with E-state index >= 15 is 0 Å². The summed E-state index contributed by atoms with van der Waals surface area (Å²) in [6.45, 7) is 1.95. The second kappa shape index (κ2) is 4.84. The second-order valence-electron chi connectivity index (χ2n) is 4.35. The fraction of sp³-hybridized carbons (Fsp3) is 0.417. The van der Waals surface area contributed by atoms with Crippen LogP contribution in [0, 0.1) is 11.8 Å². The molecule has 0 heterocycles. The molecule has 1 saturated carbocycles. The van der Waals surface area contributed by atoms with E-state index in [1.165, 1.54) is 18.2 Å². The average Bonchev–Trinajstić information content (AvgIpc) is 2.96. The van der Waals surface area contributed by atoms with Crippen molar-refractivity contribution in [3.05, 3.63) is 24.3 Å². The summed E-state index contributed by atoms with van der Waals surface area (Å²) < 4.78 is 37.0. The maximum Gasteiger partial charge on any atom is 0.446 e. The Balaban J connectivity index is 2.10. The quantitative estimate of drug-likeness (QED) is 0.848. The molecule has 0 bridgehead atoms. The Kier molecular flexibility index (Phi) is 3.56. The lowest BCUT2D eigenvalue weighted by Gasteiger charge is -2.11. The Hall–Kier alpha value is -1.17. The van der Waals surface area contributed by atoms with Crippen LogP contribution in [0.2, 0.25) is 0 Å². The average molecular weight is 275 g/mol. The monoisotopic (exact) mass is 275 g/mol. The number of alkyl halides is 3. The van der Waals surface area contributed by atoms with Gasteiger partial charge in [-0.25, -0.2) is 0 Å². The highest BCUT2D eigenvalue weighted by Gasteiger charge is 2.39. The highest BCUT2D eigenvalue weighted by atomic mass is 32.2. The molecule has 2 unspecified atom stereocenters. The Labute approximate surface area is 107 Å². The van der Waals surface area contributed by atoms with Crippen LogP contribution in [0.5, 0.6) is 0 Å². The smallest absolute Gasteiger partial charge is 0.325 e. The molecule has 1 amide bonds. The third-order valence-corrected chi connectivity index (χ3v) is 3.62. The lowest BCUT2D eigenvalue weighted by Crippen LogP contribution is -2.15. The minimum absolute atomic E-state index is 0.0200. The van der Waals surface area contributed by atoms with Gasteiger partial charge in [0, 0.05) is 10.8 Å². The van der Waals surface area contributed by atoms with E-state index in [0.717, 1.165) is 6.42 Å². The second-order valence-corrected chi connectivity index (χ2v) is 5.46. The van der Waals surface area contributed by atoms with Crippen molar-refractivity contribution in [2.24, 2.45) is 11.8 Å². The zero-order chi connectivity index (χ0) is 13.3. The molecule has 1 aliphatic rings. The maximum atomic E-state index is 12.3. The predicted molar refractivity (Wildman–Crippen MR) is 64.3 cm³/mol. The van der Waals surface area contributed by atoms with E-state index < -0.39 is 5.51 Å². The number of amides is 1. The summed E-state index contributed by atoms with van der Waals surface area (Å²) in [5, 5.41) is 2.57. The molecule has 1 aromatic rings. The molecule has 1 aliphatic carbocycles. The maximum absolute atomic E-state index is 12.3. The van der Waals surface area contributed by atoms with Crippen molar-refractivity contribution in [2.75, 3.05) is 5.32 Å². The molecule has 1 N–H and O–H groups in total. The largest absolute Gasteiger partial charge is 0.446 e. The fourth-order valence-corrected chi connectivity index (χ4v) is 2.32. The van der Waals surface area contributed by atoms with Gasteiger partial charge in [0.2, 0.25) is 5.91 Å². The molecule has 2 rings (SSSR count). The van der Waals surface area contributed by atoms with Crippen LogP contribution >= 0.6 is 11.8 Å². The molecule has 0 spiro atoms. The van der Waals surface area contributed by atoms with E-state index in [-0.39, 0.29) is 34.2 Å². The number of rotatable bonds is 3. The summed E-state index contributed by atoms with van der Waals surface area (Å²) in [5.41, 5.74) is -4.13. The number of para-hydroxylation sites is 1. The number of carbonyl (C=O) groups is 1. The summed E-state index contributed by atoms with van der Waals surface area (Å²) in [7, 11) is 0. The molecule has 0 saturated heterocycles. The SMILES string of the molecule is CC1CC1C(=O)Nc1ccccc1SC(F)(F)F. The van der Waals surface area contributed by atoms with Gasteiger partial charge in [0.25, 0.3) is 0 Å². The highest BCUT2D eigenvalue weighted by molar-refractivity contribution is 8.00. The molecule has 98 valence electrons. The van der Waals surface area contributed by atoms with Crippen molar-refractivity contribution in [2.45, 2.75) is 23.7 Å². The van der Waals surface area contributed by atoms with Crippen LogP contribution in [0.1, 0.15) is 13.3 Å². The summed E-state index contributed by atoms with van der Waals surface area (Å²) in [6, 6.07) is 5.96. The molecule has 0 aliphatic heterocycles. The molecule has 1 fully saturated rings.